The summed E-state index contributed by atoms with van der Waals surface area (Å²) in [7, 11) is 0. The minimum atomic E-state index is -0.773. The number of hydrogen-bond acceptors (Lipinski definition) is 6. The van der Waals surface area contributed by atoms with Crippen molar-refractivity contribution in [2.45, 2.75) is 284 Å². The lowest BCUT2D eigenvalue weighted by Crippen LogP contribution is -2.30. The van der Waals surface area contributed by atoms with E-state index in [0.29, 0.717) is 19.3 Å². The van der Waals surface area contributed by atoms with Gasteiger partial charge in [-0.25, -0.2) is 0 Å². The SMILES string of the molecule is CCCCCC/C=C/CCCCCCCC(=O)OC[C@H](COC(=O)CCCCCCCCCCCCCCCCC)OC(=O)CCCCCCC/C=C/CCCCCC. The molecule has 346 valence electrons. The monoisotopic (exact) mass is 831 g/mol. The molecule has 0 spiro atoms. The van der Waals surface area contributed by atoms with Crippen LogP contribution in [0.5, 0.6) is 0 Å². The van der Waals surface area contributed by atoms with Gasteiger partial charge in [-0.2, -0.15) is 0 Å². The zero-order chi connectivity index (χ0) is 43.0. The normalized spacial score (nSPS) is 12.1. The molecule has 0 aliphatic heterocycles. The predicted molar refractivity (Wildman–Crippen MR) is 252 cm³/mol. The molecule has 0 heterocycles. The lowest BCUT2D eigenvalue weighted by atomic mass is 10.0. The fourth-order valence-electron chi connectivity index (χ4n) is 7.49. The minimum absolute atomic E-state index is 0.0735. The van der Waals surface area contributed by atoms with Crippen LogP contribution in [0.3, 0.4) is 0 Å². The Morgan fingerprint density at radius 2 is 0.559 bits per heavy atom. The number of carbonyl (C=O) groups is 3. The average molecular weight is 831 g/mol. The number of allylic oxidation sites excluding steroid dienone is 4. The predicted octanol–water partition coefficient (Wildman–Crippen LogP) is 16.8. The fraction of sp³-hybridized carbons (Fsp3) is 0.868. The summed E-state index contributed by atoms with van der Waals surface area (Å²) in [4.78, 5) is 37.9. The van der Waals surface area contributed by atoms with Crippen molar-refractivity contribution < 1.29 is 28.6 Å². The highest BCUT2D eigenvalue weighted by molar-refractivity contribution is 5.71. The Labute approximate surface area is 366 Å². The van der Waals surface area contributed by atoms with E-state index in [-0.39, 0.29) is 31.1 Å². The second-order valence-electron chi connectivity index (χ2n) is 17.4. The van der Waals surface area contributed by atoms with Crippen molar-refractivity contribution in [1.82, 2.24) is 0 Å². The van der Waals surface area contributed by atoms with Gasteiger partial charge in [-0.15, -0.1) is 0 Å². The molecule has 0 unspecified atom stereocenters. The molecule has 0 rings (SSSR count). The van der Waals surface area contributed by atoms with Crippen LogP contribution in [0.1, 0.15) is 278 Å². The summed E-state index contributed by atoms with van der Waals surface area (Å²) in [5.74, 6) is -0.879. The van der Waals surface area contributed by atoms with E-state index in [1.54, 1.807) is 0 Å². The number of rotatable bonds is 47. The molecule has 0 amide bonds. The van der Waals surface area contributed by atoms with Crippen LogP contribution in [0, 0.1) is 0 Å². The molecule has 0 aromatic rings. The van der Waals surface area contributed by atoms with Gasteiger partial charge in [-0.3, -0.25) is 14.4 Å². The van der Waals surface area contributed by atoms with E-state index in [9.17, 15) is 14.4 Å². The van der Waals surface area contributed by atoms with Crippen molar-refractivity contribution in [3.8, 4) is 0 Å². The van der Waals surface area contributed by atoms with Crippen LogP contribution >= 0.6 is 0 Å². The van der Waals surface area contributed by atoms with E-state index in [2.05, 4.69) is 45.1 Å². The molecule has 0 saturated heterocycles. The minimum Gasteiger partial charge on any atom is -0.462 e. The Balaban J connectivity index is 4.35. The summed E-state index contributed by atoms with van der Waals surface area (Å²) in [6.07, 6.45) is 54.4. The van der Waals surface area contributed by atoms with Crippen LogP contribution in [0.2, 0.25) is 0 Å². The third-order valence-corrected chi connectivity index (χ3v) is 11.4. The van der Waals surface area contributed by atoms with E-state index >= 15 is 0 Å². The molecule has 59 heavy (non-hydrogen) atoms. The van der Waals surface area contributed by atoms with E-state index in [1.807, 2.05) is 0 Å². The molecule has 0 aromatic heterocycles. The molecule has 6 heteroatoms. The van der Waals surface area contributed by atoms with Gasteiger partial charge in [0, 0.05) is 19.3 Å². The summed E-state index contributed by atoms with van der Waals surface area (Å²) >= 11 is 0. The van der Waals surface area contributed by atoms with Crippen LogP contribution in [-0.2, 0) is 28.6 Å². The van der Waals surface area contributed by atoms with Gasteiger partial charge in [0.05, 0.1) is 0 Å². The summed E-state index contributed by atoms with van der Waals surface area (Å²) in [5.41, 5.74) is 0. The highest BCUT2D eigenvalue weighted by Gasteiger charge is 2.19. The molecule has 0 N–H and O–H groups in total. The molecule has 0 aromatic carbocycles. The van der Waals surface area contributed by atoms with Crippen molar-refractivity contribution in [2.24, 2.45) is 0 Å². The van der Waals surface area contributed by atoms with Gasteiger partial charge < -0.3 is 14.2 Å². The van der Waals surface area contributed by atoms with E-state index in [0.717, 1.165) is 70.6 Å². The highest BCUT2D eigenvalue weighted by atomic mass is 16.6. The Hall–Kier alpha value is -2.11. The molecular formula is C53H98O6. The number of esters is 3. The average Bonchev–Trinajstić information content (AvgIpc) is 3.23. The van der Waals surface area contributed by atoms with Crippen LogP contribution < -0.4 is 0 Å². The first kappa shape index (κ1) is 56.9. The number of unbranched alkanes of at least 4 members (excludes halogenated alkanes) is 32. The van der Waals surface area contributed by atoms with Crippen LogP contribution in [0.15, 0.2) is 24.3 Å². The summed E-state index contributed by atoms with van der Waals surface area (Å²) in [6.45, 7) is 6.62. The molecule has 0 radical (unpaired) electrons. The van der Waals surface area contributed by atoms with Crippen LogP contribution in [0.25, 0.3) is 0 Å². The molecule has 0 bridgehead atoms. The van der Waals surface area contributed by atoms with Gasteiger partial charge in [-0.05, 0) is 70.6 Å². The topological polar surface area (TPSA) is 78.9 Å². The van der Waals surface area contributed by atoms with E-state index in [4.69, 9.17) is 14.2 Å². The molecule has 0 aliphatic rings. The van der Waals surface area contributed by atoms with Gasteiger partial charge in [0.2, 0.25) is 0 Å². The standard InChI is InChI=1S/C53H98O6/c1-4-7-10-13-16-19-22-25-26-29-31-34-37-40-43-46-52(55)58-49-50(59-53(56)47-44-41-38-35-32-28-24-21-18-15-12-9-6-3)48-57-51(54)45-42-39-36-33-30-27-23-20-17-14-11-8-5-2/h20-21,23-24,50H,4-19,22,25-49H2,1-3H3/b23-20+,24-21+/t50-/m1/s1. The maximum Gasteiger partial charge on any atom is 0.306 e. The molecular weight excluding hydrogens is 733 g/mol. The first-order valence-corrected chi connectivity index (χ1v) is 25.8. The summed E-state index contributed by atoms with van der Waals surface area (Å²) in [5, 5.41) is 0. The molecule has 6 nitrogen and oxygen atoms in total. The molecule has 0 fully saturated rings. The van der Waals surface area contributed by atoms with E-state index in [1.165, 1.54) is 167 Å². The Kier molecular flexibility index (Phi) is 46.8. The lowest BCUT2D eigenvalue weighted by Gasteiger charge is -2.18. The number of hydrogen-bond donors (Lipinski definition) is 0. The van der Waals surface area contributed by atoms with Gasteiger partial charge >= 0.3 is 17.9 Å². The zero-order valence-corrected chi connectivity index (χ0v) is 39.5. The highest BCUT2D eigenvalue weighted by Crippen LogP contribution is 2.15. The quantitative estimate of drug-likeness (QED) is 0.0263. The van der Waals surface area contributed by atoms with Gasteiger partial charge in [0.1, 0.15) is 13.2 Å². The number of carbonyl (C=O) groups excluding carboxylic acids is 3. The molecule has 1 atom stereocenters. The van der Waals surface area contributed by atoms with Crippen LogP contribution in [-0.4, -0.2) is 37.2 Å². The second kappa shape index (κ2) is 48.6. The molecule has 0 aliphatic carbocycles. The van der Waals surface area contributed by atoms with Crippen molar-refractivity contribution in [1.29, 1.82) is 0 Å². The van der Waals surface area contributed by atoms with Crippen molar-refractivity contribution in [2.75, 3.05) is 13.2 Å². The first-order chi connectivity index (χ1) is 29.0. The lowest BCUT2D eigenvalue weighted by molar-refractivity contribution is -0.167. The Morgan fingerprint density at radius 1 is 0.322 bits per heavy atom. The summed E-state index contributed by atoms with van der Waals surface area (Å²) in [6, 6.07) is 0. The van der Waals surface area contributed by atoms with Crippen molar-refractivity contribution in [3.05, 3.63) is 24.3 Å². The fourth-order valence-corrected chi connectivity index (χ4v) is 7.49. The largest absolute Gasteiger partial charge is 0.462 e. The second-order valence-corrected chi connectivity index (χ2v) is 17.4. The smallest absolute Gasteiger partial charge is 0.306 e. The van der Waals surface area contributed by atoms with Crippen molar-refractivity contribution in [3.63, 3.8) is 0 Å². The van der Waals surface area contributed by atoms with Gasteiger partial charge in [-0.1, -0.05) is 212 Å². The van der Waals surface area contributed by atoms with Crippen LogP contribution in [0.4, 0.5) is 0 Å². The maximum absolute atomic E-state index is 12.8. The molecule has 0 saturated carbocycles. The maximum atomic E-state index is 12.8. The number of ether oxygens (including phenoxy) is 3. The third-order valence-electron chi connectivity index (χ3n) is 11.4. The first-order valence-electron chi connectivity index (χ1n) is 25.8. The Bertz CT molecular complexity index is 958. The van der Waals surface area contributed by atoms with Crippen molar-refractivity contribution >= 4 is 17.9 Å². The van der Waals surface area contributed by atoms with Gasteiger partial charge in [0.25, 0.3) is 0 Å². The zero-order valence-electron chi connectivity index (χ0n) is 39.5. The Morgan fingerprint density at radius 3 is 0.864 bits per heavy atom. The van der Waals surface area contributed by atoms with E-state index < -0.39 is 6.10 Å². The summed E-state index contributed by atoms with van der Waals surface area (Å²) < 4.78 is 16.8. The van der Waals surface area contributed by atoms with Gasteiger partial charge in [0.15, 0.2) is 6.10 Å². The third kappa shape index (κ3) is 46.8.